The number of hydrogen-bond acceptors (Lipinski definition) is 6. The van der Waals surface area contributed by atoms with Crippen LogP contribution >= 0.6 is 0 Å². The van der Waals surface area contributed by atoms with Crippen LogP contribution in [0, 0.1) is 5.21 Å². The van der Waals surface area contributed by atoms with Crippen LogP contribution in [-0.4, -0.2) is 56.8 Å². The molecule has 2 aromatic rings. The average molecular weight is 359 g/mol. The summed E-state index contributed by atoms with van der Waals surface area (Å²) in [4.78, 5) is 8.17. The average Bonchev–Trinajstić information content (AvgIpc) is 3.30. The second kappa shape index (κ2) is 7.19. The maximum Gasteiger partial charge on any atom is 0.233 e. The highest BCUT2D eigenvalue weighted by atomic mass is 16.7. The fourth-order valence-corrected chi connectivity index (χ4v) is 2.63. The van der Waals surface area contributed by atoms with E-state index in [0.717, 1.165) is 24.3 Å². The van der Waals surface area contributed by atoms with Gasteiger partial charge in [0.15, 0.2) is 6.10 Å². The van der Waals surface area contributed by atoms with Gasteiger partial charge in [-0.05, 0) is 45.0 Å². The molecular formula is C17H25N7O2. The zero-order valence-electron chi connectivity index (χ0n) is 15.6. The molecule has 0 saturated carbocycles. The summed E-state index contributed by atoms with van der Waals surface area (Å²) in [5.41, 5.74) is 1.74. The van der Waals surface area contributed by atoms with Crippen molar-refractivity contribution < 1.29 is 9.81 Å². The molecule has 0 bridgehead atoms. The molecule has 26 heavy (non-hydrogen) atoms. The van der Waals surface area contributed by atoms with Crippen molar-refractivity contribution in [2.24, 2.45) is 5.28 Å². The Morgan fingerprint density at radius 2 is 1.96 bits per heavy atom. The predicted octanol–water partition coefficient (Wildman–Crippen LogP) is 2.39. The van der Waals surface area contributed by atoms with Gasteiger partial charge in [0.2, 0.25) is 5.28 Å². The van der Waals surface area contributed by atoms with Crippen LogP contribution in [0.2, 0.25) is 0 Å². The summed E-state index contributed by atoms with van der Waals surface area (Å²) in [6.45, 7) is 7.37. The Balaban J connectivity index is 1.57. The van der Waals surface area contributed by atoms with Gasteiger partial charge in [0, 0.05) is 18.7 Å². The van der Waals surface area contributed by atoms with Crippen molar-refractivity contribution in [1.82, 2.24) is 20.0 Å². The molecule has 140 valence electrons. The van der Waals surface area contributed by atoms with Crippen molar-refractivity contribution in [2.45, 2.75) is 38.8 Å². The molecule has 0 N–H and O–H groups in total. The number of hydrogen-bond donors (Lipinski definition) is 0. The number of hydrazine groups is 1. The van der Waals surface area contributed by atoms with Gasteiger partial charge in [0.25, 0.3) is 0 Å². The minimum Gasteiger partial charge on any atom is -0.569 e. The van der Waals surface area contributed by atoms with Gasteiger partial charge in [0.1, 0.15) is 0 Å². The highest BCUT2D eigenvalue weighted by Gasteiger charge is 2.27. The second-order valence-electron chi connectivity index (χ2n) is 7.35. The number of nitrogens with zero attached hydrogens (tertiary/aromatic N) is 7. The quantitative estimate of drug-likeness (QED) is 0.463. The van der Waals surface area contributed by atoms with Gasteiger partial charge in [-0.3, -0.25) is 0 Å². The van der Waals surface area contributed by atoms with Crippen molar-refractivity contribution >= 4 is 5.69 Å². The summed E-state index contributed by atoms with van der Waals surface area (Å²) < 4.78 is 1.72. The Morgan fingerprint density at radius 3 is 2.58 bits per heavy atom. The highest BCUT2D eigenvalue weighted by Crippen LogP contribution is 2.23. The molecule has 9 nitrogen and oxygen atoms in total. The van der Waals surface area contributed by atoms with Crippen LogP contribution in [0.25, 0.3) is 5.69 Å². The Kier molecular flexibility index (Phi) is 4.97. The van der Waals surface area contributed by atoms with E-state index in [1.807, 2.05) is 45.0 Å². The van der Waals surface area contributed by atoms with Crippen LogP contribution in [0.15, 0.2) is 41.9 Å². The van der Waals surface area contributed by atoms with Gasteiger partial charge in [-0.15, -0.1) is 10.1 Å². The van der Waals surface area contributed by atoms with Crippen LogP contribution < -0.4 is 4.90 Å². The first kappa shape index (κ1) is 18.0. The van der Waals surface area contributed by atoms with Crippen molar-refractivity contribution in [1.29, 1.82) is 0 Å². The molecule has 2 heterocycles. The molecule has 3 rings (SSSR count). The van der Waals surface area contributed by atoms with Gasteiger partial charge < -0.3 is 14.9 Å². The van der Waals surface area contributed by atoms with Gasteiger partial charge in [-0.25, -0.2) is 4.68 Å². The minimum absolute atomic E-state index is 0.102. The second-order valence-corrected chi connectivity index (χ2v) is 7.35. The van der Waals surface area contributed by atoms with E-state index in [4.69, 9.17) is 4.84 Å². The Labute approximate surface area is 153 Å². The first-order valence-electron chi connectivity index (χ1n) is 8.64. The summed E-state index contributed by atoms with van der Waals surface area (Å²) in [5, 5.41) is 25.0. The summed E-state index contributed by atoms with van der Waals surface area (Å²) in [6, 6.07) is 8.09. The molecule has 0 aliphatic carbocycles. The molecule has 0 spiro atoms. The smallest absolute Gasteiger partial charge is 0.233 e. The van der Waals surface area contributed by atoms with E-state index in [-0.39, 0.29) is 11.6 Å². The number of benzene rings is 1. The molecule has 1 atom stereocenters. The Morgan fingerprint density at radius 1 is 1.27 bits per heavy atom. The van der Waals surface area contributed by atoms with E-state index >= 15 is 0 Å². The molecular weight excluding hydrogens is 334 g/mol. The third-order valence-corrected chi connectivity index (χ3v) is 4.54. The lowest BCUT2D eigenvalue weighted by Gasteiger charge is -2.26. The lowest BCUT2D eigenvalue weighted by atomic mass is 10.1. The summed E-state index contributed by atoms with van der Waals surface area (Å²) in [5.74, 6) is 0. The molecule has 9 heteroatoms. The Bertz CT molecular complexity index is 737. The first-order valence-corrected chi connectivity index (χ1v) is 8.64. The van der Waals surface area contributed by atoms with Gasteiger partial charge >= 0.3 is 0 Å². The van der Waals surface area contributed by atoms with E-state index in [1.165, 1.54) is 5.01 Å². The monoisotopic (exact) mass is 359 g/mol. The molecule has 1 aromatic heterocycles. The van der Waals surface area contributed by atoms with Gasteiger partial charge in [0.05, 0.1) is 42.2 Å². The maximum atomic E-state index is 12.0. The van der Waals surface area contributed by atoms with Crippen molar-refractivity contribution in [3.05, 3.63) is 41.9 Å². The molecule has 0 radical (unpaired) electrons. The van der Waals surface area contributed by atoms with Crippen molar-refractivity contribution in [3.8, 4) is 5.69 Å². The zero-order chi connectivity index (χ0) is 18.7. The molecule has 1 saturated heterocycles. The Hall–Kier alpha value is -2.84. The SMILES string of the molecule is CN(/[N+]([O-])=N\O[C@@H]1CCN(c2ccc(-n3ccnn3)cc2)C1)C(C)(C)C. The lowest BCUT2D eigenvalue weighted by Crippen LogP contribution is -2.42. The van der Waals surface area contributed by atoms with Crippen molar-refractivity contribution in [3.63, 3.8) is 0 Å². The van der Waals surface area contributed by atoms with E-state index in [1.54, 1.807) is 24.1 Å². The maximum absolute atomic E-state index is 12.0. The highest BCUT2D eigenvalue weighted by molar-refractivity contribution is 5.51. The summed E-state index contributed by atoms with van der Waals surface area (Å²) >= 11 is 0. The molecule has 0 unspecified atom stereocenters. The van der Waals surface area contributed by atoms with Gasteiger partial charge in [-0.2, -0.15) is 0 Å². The molecule has 1 aromatic carbocycles. The minimum atomic E-state index is -0.317. The third kappa shape index (κ3) is 4.04. The topological polar surface area (TPSA) is 84.9 Å². The van der Waals surface area contributed by atoms with Crippen molar-refractivity contribution in [2.75, 3.05) is 25.0 Å². The normalized spacial score (nSPS) is 18.2. The van der Waals surface area contributed by atoms with Gasteiger partial charge in [-0.1, -0.05) is 5.21 Å². The fraction of sp³-hybridized carbons (Fsp3) is 0.529. The standard InChI is InChI=1S/C17H25N7O2/c1-17(2,3)21(4)24(25)20-26-16-9-11-22(13-16)14-5-7-15(8-6-14)23-12-10-18-19-23/h5-8,10,12,16H,9,11,13H2,1-4H3/b24-20+/t16-/m1/s1. The fourth-order valence-electron chi connectivity index (χ4n) is 2.63. The lowest BCUT2D eigenvalue weighted by molar-refractivity contribution is -0.720. The molecule has 0 amide bonds. The van der Waals surface area contributed by atoms with Crippen LogP contribution in [-0.2, 0) is 4.84 Å². The largest absolute Gasteiger partial charge is 0.569 e. The van der Waals surface area contributed by atoms with E-state index in [9.17, 15) is 5.21 Å². The number of aromatic nitrogens is 3. The van der Waals surface area contributed by atoms with Crippen LogP contribution in [0.1, 0.15) is 27.2 Å². The predicted molar refractivity (Wildman–Crippen MR) is 96.6 cm³/mol. The van der Waals surface area contributed by atoms with E-state index < -0.39 is 0 Å². The van der Waals surface area contributed by atoms with E-state index in [0.29, 0.717) is 11.5 Å². The molecule has 1 aliphatic rings. The zero-order valence-corrected chi connectivity index (χ0v) is 15.6. The van der Waals surface area contributed by atoms with Crippen LogP contribution in [0.4, 0.5) is 5.69 Å². The summed E-state index contributed by atoms with van der Waals surface area (Å²) in [7, 11) is 1.69. The molecule has 1 fully saturated rings. The number of rotatable bonds is 5. The van der Waals surface area contributed by atoms with E-state index in [2.05, 4.69) is 20.5 Å². The summed E-state index contributed by atoms with van der Waals surface area (Å²) in [6.07, 6.45) is 4.17. The van der Waals surface area contributed by atoms with Crippen LogP contribution in [0.3, 0.4) is 0 Å². The van der Waals surface area contributed by atoms with Crippen LogP contribution in [0.5, 0.6) is 0 Å². The third-order valence-electron chi connectivity index (χ3n) is 4.54. The first-order chi connectivity index (χ1) is 12.3. The molecule has 1 aliphatic heterocycles. The number of anilines is 1.